The molecular weight excluding hydrogens is 318 g/mol. The number of amides is 1. The van der Waals surface area contributed by atoms with Crippen LogP contribution >= 0.6 is 0 Å². The zero-order valence-corrected chi connectivity index (χ0v) is 13.9. The molecule has 1 atom stereocenters. The van der Waals surface area contributed by atoms with E-state index in [9.17, 15) is 4.79 Å². The molecule has 7 heteroatoms. The normalized spacial score (nSPS) is 12.9. The van der Waals surface area contributed by atoms with Crippen molar-refractivity contribution in [1.29, 1.82) is 0 Å². The van der Waals surface area contributed by atoms with E-state index >= 15 is 0 Å². The number of pyridine rings is 2. The van der Waals surface area contributed by atoms with Gasteiger partial charge in [-0.15, -0.1) is 0 Å². The Hall–Kier alpha value is -3.35. The van der Waals surface area contributed by atoms with Crippen LogP contribution in [0.5, 0.6) is 5.88 Å². The van der Waals surface area contributed by atoms with E-state index in [0.29, 0.717) is 23.0 Å². The Morgan fingerprint density at radius 3 is 2.52 bits per heavy atom. The Morgan fingerprint density at radius 2 is 1.92 bits per heavy atom. The SMILES string of the molecule is COc1ccc(C(C)(C(=O)Nc2cnccn2)c2ccccn2)cn1. The summed E-state index contributed by atoms with van der Waals surface area (Å²) in [5.41, 5.74) is 0.231. The minimum atomic E-state index is -1.06. The Bertz CT molecular complexity index is 840. The lowest BCUT2D eigenvalue weighted by Gasteiger charge is -2.28. The molecule has 3 aromatic heterocycles. The van der Waals surface area contributed by atoms with Crippen LogP contribution in [0.1, 0.15) is 18.2 Å². The van der Waals surface area contributed by atoms with Gasteiger partial charge < -0.3 is 10.1 Å². The highest BCUT2D eigenvalue weighted by molar-refractivity contribution is 6.00. The Labute approximate surface area is 145 Å². The number of methoxy groups -OCH3 is 1. The van der Waals surface area contributed by atoms with Crippen LogP contribution in [0, 0.1) is 0 Å². The second-order valence-corrected chi connectivity index (χ2v) is 5.47. The minimum absolute atomic E-state index is 0.279. The molecule has 0 aliphatic heterocycles. The van der Waals surface area contributed by atoms with Crippen molar-refractivity contribution in [1.82, 2.24) is 19.9 Å². The smallest absolute Gasteiger partial charge is 0.242 e. The number of hydrogen-bond donors (Lipinski definition) is 1. The first-order valence-electron chi connectivity index (χ1n) is 7.64. The van der Waals surface area contributed by atoms with Crippen LogP contribution in [0.15, 0.2) is 61.3 Å². The molecule has 0 saturated carbocycles. The molecule has 0 aromatic carbocycles. The van der Waals surface area contributed by atoms with Crippen LogP contribution < -0.4 is 10.1 Å². The van der Waals surface area contributed by atoms with Gasteiger partial charge in [0.05, 0.1) is 19.0 Å². The maximum absolute atomic E-state index is 13.1. The second kappa shape index (κ2) is 7.04. The third kappa shape index (κ3) is 3.30. The van der Waals surface area contributed by atoms with E-state index in [1.807, 2.05) is 6.07 Å². The molecule has 0 bridgehead atoms. The average molecular weight is 335 g/mol. The monoisotopic (exact) mass is 335 g/mol. The average Bonchev–Trinajstić information content (AvgIpc) is 2.69. The molecule has 25 heavy (non-hydrogen) atoms. The van der Waals surface area contributed by atoms with Crippen molar-refractivity contribution < 1.29 is 9.53 Å². The molecule has 126 valence electrons. The molecule has 3 aromatic rings. The summed E-state index contributed by atoms with van der Waals surface area (Å²) in [5.74, 6) is 0.566. The van der Waals surface area contributed by atoms with Crippen LogP contribution in [-0.4, -0.2) is 33.0 Å². The van der Waals surface area contributed by atoms with Gasteiger partial charge in [0.25, 0.3) is 0 Å². The molecular formula is C18H17N5O2. The maximum atomic E-state index is 13.1. The first kappa shape index (κ1) is 16.5. The number of hydrogen-bond acceptors (Lipinski definition) is 6. The van der Waals surface area contributed by atoms with Crippen molar-refractivity contribution in [2.24, 2.45) is 0 Å². The largest absolute Gasteiger partial charge is 0.481 e. The predicted molar refractivity (Wildman–Crippen MR) is 92.1 cm³/mol. The molecule has 3 rings (SSSR count). The summed E-state index contributed by atoms with van der Waals surface area (Å²) in [5, 5.41) is 2.80. The summed E-state index contributed by atoms with van der Waals surface area (Å²) in [4.78, 5) is 29.8. The van der Waals surface area contributed by atoms with Crippen LogP contribution in [0.2, 0.25) is 0 Å². The zero-order chi connectivity index (χ0) is 17.7. The van der Waals surface area contributed by atoms with Crippen molar-refractivity contribution in [3.8, 4) is 5.88 Å². The van der Waals surface area contributed by atoms with Gasteiger partial charge in [-0.1, -0.05) is 12.1 Å². The number of nitrogens with one attached hydrogen (secondary N) is 1. The fourth-order valence-electron chi connectivity index (χ4n) is 2.46. The quantitative estimate of drug-likeness (QED) is 0.769. The number of carbonyl (C=O) groups is 1. The lowest BCUT2D eigenvalue weighted by atomic mass is 9.79. The molecule has 1 amide bonds. The van der Waals surface area contributed by atoms with E-state index in [0.717, 1.165) is 0 Å². The third-order valence-electron chi connectivity index (χ3n) is 3.96. The van der Waals surface area contributed by atoms with Crippen LogP contribution in [0.25, 0.3) is 0 Å². The lowest BCUT2D eigenvalue weighted by molar-refractivity contribution is -0.119. The van der Waals surface area contributed by atoms with Gasteiger partial charge in [0.15, 0.2) is 5.82 Å². The highest BCUT2D eigenvalue weighted by atomic mass is 16.5. The van der Waals surface area contributed by atoms with Crippen LogP contribution in [-0.2, 0) is 10.2 Å². The van der Waals surface area contributed by atoms with E-state index in [2.05, 4.69) is 25.3 Å². The minimum Gasteiger partial charge on any atom is -0.481 e. The van der Waals surface area contributed by atoms with Crippen molar-refractivity contribution in [3.63, 3.8) is 0 Å². The van der Waals surface area contributed by atoms with E-state index < -0.39 is 5.41 Å². The molecule has 1 N–H and O–H groups in total. The van der Waals surface area contributed by atoms with Crippen LogP contribution in [0.3, 0.4) is 0 Å². The van der Waals surface area contributed by atoms with Crippen molar-refractivity contribution >= 4 is 11.7 Å². The molecule has 0 spiro atoms. The molecule has 0 saturated heterocycles. The summed E-state index contributed by atoms with van der Waals surface area (Å²) in [7, 11) is 1.54. The molecule has 1 unspecified atom stereocenters. The van der Waals surface area contributed by atoms with Gasteiger partial charge in [-0.25, -0.2) is 9.97 Å². The fourth-order valence-corrected chi connectivity index (χ4v) is 2.46. The summed E-state index contributed by atoms with van der Waals surface area (Å²) in [6.45, 7) is 1.80. The Balaban J connectivity index is 2.03. The number of aromatic nitrogens is 4. The molecule has 7 nitrogen and oxygen atoms in total. The number of rotatable bonds is 5. The van der Waals surface area contributed by atoms with E-state index in [4.69, 9.17) is 4.74 Å². The molecule has 0 fully saturated rings. The summed E-state index contributed by atoms with van der Waals surface area (Å²) in [6, 6.07) is 8.97. The van der Waals surface area contributed by atoms with Crippen molar-refractivity contribution in [2.75, 3.05) is 12.4 Å². The van der Waals surface area contributed by atoms with Gasteiger partial charge in [-0.3, -0.25) is 14.8 Å². The highest BCUT2D eigenvalue weighted by Gasteiger charge is 2.39. The van der Waals surface area contributed by atoms with Crippen LogP contribution in [0.4, 0.5) is 5.82 Å². The summed E-state index contributed by atoms with van der Waals surface area (Å²) >= 11 is 0. The second-order valence-electron chi connectivity index (χ2n) is 5.47. The molecule has 3 heterocycles. The molecule has 0 aliphatic rings. The van der Waals surface area contributed by atoms with Gasteiger partial charge >= 0.3 is 0 Å². The number of nitrogens with zero attached hydrogens (tertiary/aromatic N) is 4. The number of anilines is 1. The van der Waals surface area contributed by atoms with Gasteiger partial charge in [-0.2, -0.15) is 0 Å². The maximum Gasteiger partial charge on any atom is 0.242 e. The first-order valence-corrected chi connectivity index (χ1v) is 7.64. The van der Waals surface area contributed by atoms with E-state index in [-0.39, 0.29) is 5.91 Å². The van der Waals surface area contributed by atoms with Gasteiger partial charge in [-0.05, 0) is 24.6 Å². The topological polar surface area (TPSA) is 89.9 Å². The lowest BCUT2D eigenvalue weighted by Crippen LogP contribution is -2.39. The highest BCUT2D eigenvalue weighted by Crippen LogP contribution is 2.32. The number of ether oxygens (including phenoxy) is 1. The van der Waals surface area contributed by atoms with E-state index in [1.54, 1.807) is 56.9 Å². The van der Waals surface area contributed by atoms with Gasteiger partial charge in [0.1, 0.15) is 5.41 Å². The first-order chi connectivity index (χ1) is 12.1. The third-order valence-corrected chi connectivity index (χ3v) is 3.96. The van der Waals surface area contributed by atoms with Crippen molar-refractivity contribution in [3.05, 3.63) is 72.6 Å². The summed E-state index contributed by atoms with van der Waals surface area (Å²) < 4.78 is 5.10. The standard InChI is InChI=1S/C18H17N5O2/c1-18(14-5-3-4-8-20-14,13-6-7-16(25-2)22-11-13)17(24)23-15-12-19-9-10-21-15/h3-12H,1-2H3,(H,21,23,24). The Kier molecular flexibility index (Phi) is 4.65. The Morgan fingerprint density at radius 1 is 1.04 bits per heavy atom. The van der Waals surface area contributed by atoms with Crippen molar-refractivity contribution in [2.45, 2.75) is 12.3 Å². The molecule has 0 aliphatic carbocycles. The summed E-state index contributed by atoms with van der Waals surface area (Å²) in [6.07, 6.45) is 7.82. The fraction of sp³-hybridized carbons (Fsp3) is 0.167. The predicted octanol–water partition coefficient (Wildman–Crippen LogP) is 2.22. The van der Waals surface area contributed by atoms with Gasteiger partial charge in [0.2, 0.25) is 11.8 Å². The molecule has 0 radical (unpaired) electrons. The van der Waals surface area contributed by atoms with E-state index in [1.165, 1.54) is 12.4 Å². The number of carbonyl (C=O) groups excluding carboxylic acids is 1. The van der Waals surface area contributed by atoms with Gasteiger partial charge in [0, 0.05) is 30.9 Å². The zero-order valence-electron chi connectivity index (χ0n) is 13.9.